The average Bonchev–Trinajstić information content (AvgIpc) is 2.73. The maximum absolute atomic E-state index is 6.00. The van der Waals surface area contributed by atoms with Crippen molar-refractivity contribution >= 4 is 93.4 Å². The first-order valence-corrected chi connectivity index (χ1v) is 11.9. The maximum atomic E-state index is 6.00. The summed E-state index contributed by atoms with van der Waals surface area (Å²) in [7, 11) is 0. The van der Waals surface area contributed by atoms with E-state index < -0.39 is 7.59 Å². The van der Waals surface area contributed by atoms with Crippen LogP contribution in [0.5, 0.6) is 0 Å². The molecular weight excluding hydrogens is 545 g/mol. The number of aromatic nitrogens is 6. The third-order valence-electron chi connectivity index (χ3n) is 4.27. The number of piperazine rings is 1. The van der Waals surface area contributed by atoms with Crippen molar-refractivity contribution in [3.8, 4) is 0 Å². The molecule has 0 aromatic carbocycles. The van der Waals surface area contributed by atoms with Crippen LogP contribution in [0.4, 0.5) is 23.8 Å². The normalized spacial score (nSPS) is 15.1. The molecule has 1 aliphatic rings. The Morgan fingerprint density at radius 3 is 1.25 bits per heavy atom. The SMILES string of the molecule is CCNc1nc(N2CCN(c3nc(NCC)nc(C(Cl)(Cl)Cl)n3)CC2)nc(C(Cl)(Cl)Cl)n1. The molecule has 3 heterocycles. The first-order chi connectivity index (χ1) is 15.0. The molecule has 1 fully saturated rings. The molecular formula is C16H20Cl6N10. The maximum Gasteiger partial charge on any atom is 0.250 e. The summed E-state index contributed by atoms with van der Waals surface area (Å²) in [5.41, 5.74) is 0. The zero-order valence-corrected chi connectivity index (χ0v) is 21.6. The first-order valence-electron chi connectivity index (χ1n) is 9.65. The zero-order chi connectivity index (χ0) is 23.5. The summed E-state index contributed by atoms with van der Waals surface area (Å²) in [6.07, 6.45) is 0. The average molecular weight is 565 g/mol. The fourth-order valence-electron chi connectivity index (χ4n) is 2.85. The molecule has 2 N–H and O–H groups in total. The van der Waals surface area contributed by atoms with E-state index in [1.54, 1.807) is 0 Å². The monoisotopic (exact) mass is 562 g/mol. The number of nitrogens with zero attached hydrogens (tertiary/aromatic N) is 8. The molecule has 176 valence electrons. The van der Waals surface area contributed by atoms with Gasteiger partial charge in [0.1, 0.15) is 0 Å². The molecule has 0 unspecified atom stereocenters. The summed E-state index contributed by atoms with van der Waals surface area (Å²) in [4.78, 5) is 29.8. The van der Waals surface area contributed by atoms with Gasteiger partial charge in [-0.15, -0.1) is 0 Å². The smallest absolute Gasteiger partial charge is 0.250 e. The van der Waals surface area contributed by atoms with Gasteiger partial charge in [0.15, 0.2) is 11.6 Å². The van der Waals surface area contributed by atoms with Crippen molar-refractivity contribution in [2.24, 2.45) is 0 Å². The van der Waals surface area contributed by atoms with Crippen LogP contribution >= 0.6 is 69.6 Å². The predicted molar refractivity (Wildman–Crippen MR) is 131 cm³/mol. The summed E-state index contributed by atoms with van der Waals surface area (Å²) >= 11 is 36.0. The molecule has 1 aliphatic heterocycles. The van der Waals surface area contributed by atoms with E-state index in [1.807, 2.05) is 23.6 Å². The van der Waals surface area contributed by atoms with Crippen LogP contribution in [-0.4, -0.2) is 69.2 Å². The first kappa shape index (κ1) is 25.6. The summed E-state index contributed by atoms with van der Waals surface area (Å²) in [6.45, 7) is 7.27. The van der Waals surface area contributed by atoms with Crippen LogP contribution in [0.3, 0.4) is 0 Å². The largest absolute Gasteiger partial charge is 0.354 e. The van der Waals surface area contributed by atoms with Gasteiger partial charge in [-0.25, -0.2) is 0 Å². The van der Waals surface area contributed by atoms with Crippen molar-refractivity contribution in [3.05, 3.63) is 11.6 Å². The molecule has 2 aromatic heterocycles. The molecule has 16 heteroatoms. The van der Waals surface area contributed by atoms with Crippen LogP contribution in [0.1, 0.15) is 25.5 Å². The van der Waals surface area contributed by atoms with Crippen molar-refractivity contribution in [2.75, 3.05) is 59.7 Å². The highest BCUT2D eigenvalue weighted by atomic mass is 35.6. The Balaban J connectivity index is 1.81. The Hall–Kier alpha value is -1.04. The van der Waals surface area contributed by atoms with Crippen LogP contribution in [0, 0.1) is 0 Å². The van der Waals surface area contributed by atoms with Crippen molar-refractivity contribution in [3.63, 3.8) is 0 Å². The summed E-state index contributed by atoms with van der Waals surface area (Å²) < 4.78 is -3.55. The molecule has 0 saturated carbocycles. The number of anilines is 4. The number of hydrogen-bond donors (Lipinski definition) is 2. The lowest BCUT2D eigenvalue weighted by Gasteiger charge is -2.35. The standard InChI is InChI=1S/C16H20Cl6N10/c1-3-23-11-25-9(15(17,18)19)27-13(29-11)31-5-7-32(8-6-31)14-28-10(16(20,21)22)26-12(30-14)24-4-2/h3-8H2,1-2H3,(H,23,25,27,29)(H,24,26,28,30). The topological polar surface area (TPSA) is 108 Å². The number of alkyl halides is 6. The second-order valence-electron chi connectivity index (χ2n) is 6.60. The van der Waals surface area contributed by atoms with Crippen LogP contribution in [0.25, 0.3) is 0 Å². The van der Waals surface area contributed by atoms with Crippen molar-refractivity contribution in [1.29, 1.82) is 0 Å². The highest BCUT2D eigenvalue weighted by Crippen LogP contribution is 2.38. The minimum absolute atomic E-state index is 0.0472. The summed E-state index contributed by atoms with van der Waals surface area (Å²) in [5, 5.41) is 6.05. The summed E-state index contributed by atoms with van der Waals surface area (Å²) in [6, 6.07) is 0. The van der Waals surface area contributed by atoms with Crippen LogP contribution in [0.15, 0.2) is 0 Å². The Kier molecular flexibility index (Phi) is 8.38. The van der Waals surface area contributed by atoms with E-state index in [0.717, 1.165) is 0 Å². The van der Waals surface area contributed by atoms with Gasteiger partial charge in [0.25, 0.3) is 0 Å². The third-order valence-corrected chi connectivity index (χ3v) is 5.28. The Bertz CT molecular complexity index is 851. The lowest BCUT2D eigenvalue weighted by atomic mass is 10.3. The predicted octanol–water partition coefficient (Wildman–Crippen LogP) is 3.90. The van der Waals surface area contributed by atoms with Gasteiger partial charge in [-0.2, -0.15) is 29.9 Å². The fourth-order valence-corrected chi connectivity index (χ4v) is 3.35. The van der Waals surface area contributed by atoms with Gasteiger partial charge in [0, 0.05) is 39.3 Å². The van der Waals surface area contributed by atoms with Gasteiger partial charge < -0.3 is 20.4 Å². The third kappa shape index (κ3) is 6.51. The molecule has 2 aromatic rings. The minimum Gasteiger partial charge on any atom is -0.354 e. The molecule has 1 saturated heterocycles. The lowest BCUT2D eigenvalue weighted by Crippen LogP contribution is -2.48. The molecule has 32 heavy (non-hydrogen) atoms. The highest BCUT2D eigenvalue weighted by Gasteiger charge is 2.32. The van der Waals surface area contributed by atoms with E-state index in [9.17, 15) is 0 Å². The molecule has 0 atom stereocenters. The second kappa shape index (κ2) is 10.5. The van der Waals surface area contributed by atoms with Crippen molar-refractivity contribution in [1.82, 2.24) is 29.9 Å². The molecule has 0 amide bonds. The van der Waals surface area contributed by atoms with Crippen LogP contribution in [0.2, 0.25) is 0 Å². The molecule has 0 bridgehead atoms. The number of halogens is 6. The van der Waals surface area contributed by atoms with E-state index in [-0.39, 0.29) is 11.6 Å². The van der Waals surface area contributed by atoms with E-state index >= 15 is 0 Å². The van der Waals surface area contributed by atoms with E-state index in [2.05, 4.69) is 40.5 Å². The number of nitrogens with one attached hydrogen (secondary N) is 2. The van der Waals surface area contributed by atoms with Crippen LogP contribution < -0.4 is 20.4 Å². The highest BCUT2D eigenvalue weighted by molar-refractivity contribution is 6.67. The van der Waals surface area contributed by atoms with Gasteiger partial charge in [-0.1, -0.05) is 69.6 Å². The van der Waals surface area contributed by atoms with Gasteiger partial charge >= 0.3 is 0 Å². The van der Waals surface area contributed by atoms with E-state index in [0.29, 0.717) is 63.1 Å². The Labute approximate surface area is 215 Å². The van der Waals surface area contributed by atoms with Gasteiger partial charge in [-0.3, -0.25) is 0 Å². The van der Waals surface area contributed by atoms with Gasteiger partial charge in [0.2, 0.25) is 31.4 Å². The Morgan fingerprint density at radius 1 is 0.625 bits per heavy atom. The van der Waals surface area contributed by atoms with Gasteiger partial charge in [0.05, 0.1) is 0 Å². The van der Waals surface area contributed by atoms with Gasteiger partial charge in [-0.05, 0) is 13.8 Å². The Morgan fingerprint density at radius 2 is 0.969 bits per heavy atom. The zero-order valence-electron chi connectivity index (χ0n) is 17.1. The van der Waals surface area contributed by atoms with E-state index in [1.165, 1.54) is 0 Å². The molecule has 3 rings (SSSR count). The molecule has 0 radical (unpaired) electrons. The quantitative estimate of drug-likeness (QED) is 0.501. The number of hydrogen-bond acceptors (Lipinski definition) is 10. The van der Waals surface area contributed by atoms with E-state index in [4.69, 9.17) is 69.6 Å². The number of rotatable bonds is 6. The lowest BCUT2D eigenvalue weighted by molar-refractivity contribution is 0.621. The minimum atomic E-state index is -1.77. The fraction of sp³-hybridized carbons (Fsp3) is 0.625. The second-order valence-corrected chi connectivity index (χ2v) is 11.2. The van der Waals surface area contributed by atoms with Crippen molar-refractivity contribution in [2.45, 2.75) is 21.4 Å². The molecule has 0 aliphatic carbocycles. The molecule has 10 nitrogen and oxygen atoms in total. The summed E-state index contributed by atoms with van der Waals surface area (Å²) in [5.74, 6) is 1.57. The molecule has 0 spiro atoms. The van der Waals surface area contributed by atoms with Crippen molar-refractivity contribution < 1.29 is 0 Å². The van der Waals surface area contributed by atoms with Crippen LogP contribution in [-0.2, 0) is 7.59 Å².